The number of amides is 2. The van der Waals surface area contributed by atoms with Crippen LogP contribution >= 0.6 is 0 Å². The zero-order chi connectivity index (χ0) is 16.9. The maximum absolute atomic E-state index is 12.8. The fourth-order valence-corrected chi connectivity index (χ4v) is 3.11. The van der Waals surface area contributed by atoms with Crippen LogP contribution in [0.1, 0.15) is 18.1 Å². The largest absolute Gasteiger partial charge is 0.367 e. The second-order valence-electron chi connectivity index (χ2n) is 6.11. The third-order valence-electron chi connectivity index (χ3n) is 4.35. The molecule has 2 amide bonds. The van der Waals surface area contributed by atoms with Crippen LogP contribution in [0.2, 0.25) is 0 Å². The van der Waals surface area contributed by atoms with Crippen LogP contribution in [-0.4, -0.2) is 25.2 Å². The molecule has 0 unspecified atom stereocenters. The summed E-state index contributed by atoms with van der Waals surface area (Å²) >= 11 is 0. The molecule has 1 heterocycles. The number of fused-ring (bicyclic) bond motifs is 1. The number of rotatable bonds is 5. The highest BCUT2D eigenvalue weighted by molar-refractivity contribution is 5.73. The van der Waals surface area contributed by atoms with Gasteiger partial charge in [-0.2, -0.15) is 0 Å². The minimum absolute atomic E-state index is 0.209. The highest BCUT2D eigenvalue weighted by Crippen LogP contribution is 2.31. The van der Waals surface area contributed by atoms with E-state index in [4.69, 9.17) is 0 Å². The average molecular weight is 327 g/mol. The van der Waals surface area contributed by atoms with Crippen molar-refractivity contribution in [2.24, 2.45) is 0 Å². The second kappa shape index (κ2) is 7.34. The number of nitrogens with one attached hydrogen (secondary N) is 2. The van der Waals surface area contributed by atoms with Gasteiger partial charge in [0.2, 0.25) is 0 Å². The molecule has 1 aliphatic rings. The zero-order valence-corrected chi connectivity index (χ0v) is 13.8. The first-order chi connectivity index (χ1) is 11.6. The smallest absolute Gasteiger partial charge is 0.315 e. The minimum Gasteiger partial charge on any atom is -0.367 e. The maximum atomic E-state index is 12.8. The maximum Gasteiger partial charge on any atom is 0.315 e. The highest BCUT2D eigenvalue weighted by Gasteiger charge is 2.24. The van der Waals surface area contributed by atoms with Crippen molar-refractivity contribution < 1.29 is 9.18 Å². The molecule has 0 fully saturated rings. The summed E-state index contributed by atoms with van der Waals surface area (Å²) in [5.41, 5.74) is 3.50. The number of hydrogen-bond donors (Lipinski definition) is 2. The van der Waals surface area contributed by atoms with Crippen LogP contribution in [0, 0.1) is 5.82 Å². The van der Waals surface area contributed by atoms with Crippen LogP contribution in [0.4, 0.5) is 14.9 Å². The van der Waals surface area contributed by atoms with Gasteiger partial charge in [-0.25, -0.2) is 9.18 Å². The van der Waals surface area contributed by atoms with E-state index in [-0.39, 0.29) is 11.8 Å². The van der Waals surface area contributed by atoms with E-state index < -0.39 is 0 Å². The number of nitrogens with zero attached hydrogens (tertiary/aromatic N) is 1. The van der Waals surface area contributed by atoms with E-state index >= 15 is 0 Å². The Morgan fingerprint density at radius 1 is 1.17 bits per heavy atom. The van der Waals surface area contributed by atoms with Gasteiger partial charge in [0.1, 0.15) is 5.82 Å². The van der Waals surface area contributed by atoms with Crippen LogP contribution < -0.4 is 15.5 Å². The molecular weight excluding hydrogens is 305 g/mol. The lowest BCUT2D eigenvalue weighted by atomic mass is 10.1. The molecule has 126 valence electrons. The molecule has 0 aromatic heterocycles. The molecule has 0 aliphatic carbocycles. The molecule has 0 saturated carbocycles. The lowest BCUT2D eigenvalue weighted by molar-refractivity contribution is 0.240. The normalized spacial score (nSPS) is 15.9. The molecule has 3 rings (SSSR count). The van der Waals surface area contributed by atoms with E-state index in [1.165, 1.54) is 23.4 Å². The van der Waals surface area contributed by atoms with Gasteiger partial charge >= 0.3 is 6.03 Å². The molecule has 0 spiro atoms. The molecule has 0 saturated heterocycles. The Labute approximate surface area is 141 Å². The van der Waals surface area contributed by atoms with Crippen molar-refractivity contribution in [2.45, 2.75) is 25.9 Å². The molecule has 24 heavy (non-hydrogen) atoms. The van der Waals surface area contributed by atoms with E-state index in [0.717, 1.165) is 18.5 Å². The number of carbonyl (C=O) groups excluding carboxylic acids is 1. The third kappa shape index (κ3) is 3.85. The monoisotopic (exact) mass is 327 g/mol. The zero-order valence-electron chi connectivity index (χ0n) is 13.8. The summed E-state index contributed by atoms with van der Waals surface area (Å²) in [7, 11) is 0. The number of benzene rings is 2. The first-order valence-corrected chi connectivity index (χ1v) is 8.24. The van der Waals surface area contributed by atoms with Crippen LogP contribution in [-0.2, 0) is 13.0 Å². The Morgan fingerprint density at radius 2 is 1.92 bits per heavy atom. The van der Waals surface area contributed by atoms with Gasteiger partial charge in [0, 0.05) is 31.4 Å². The summed E-state index contributed by atoms with van der Waals surface area (Å²) in [6, 6.07) is 14.8. The van der Waals surface area contributed by atoms with Crippen LogP contribution in [0.15, 0.2) is 48.5 Å². The van der Waals surface area contributed by atoms with Crippen molar-refractivity contribution in [3.8, 4) is 0 Å². The molecule has 4 nitrogen and oxygen atoms in total. The van der Waals surface area contributed by atoms with E-state index in [1.54, 1.807) is 12.1 Å². The minimum atomic E-state index is -0.275. The van der Waals surface area contributed by atoms with E-state index in [2.05, 4.69) is 40.7 Å². The van der Waals surface area contributed by atoms with Crippen LogP contribution in [0.25, 0.3) is 0 Å². The second-order valence-corrected chi connectivity index (χ2v) is 6.11. The first-order valence-electron chi connectivity index (χ1n) is 8.24. The average Bonchev–Trinajstić information content (AvgIpc) is 2.90. The number of urea groups is 1. The van der Waals surface area contributed by atoms with Gasteiger partial charge in [0.05, 0.1) is 0 Å². The molecule has 1 aliphatic heterocycles. The molecule has 2 aromatic rings. The molecule has 0 bridgehead atoms. The molecule has 0 radical (unpaired) electrons. The quantitative estimate of drug-likeness (QED) is 0.886. The standard InChI is InChI=1S/C19H22FN3O/c1-14-12-16-4-2-3-5-18(16)23(14)11-10-21-19(24)22-13-15-6-8-17(20)9-7-15/h2-9,14H,10-13H2,1H3,(H2,21,22,24)/t14-/m1/s1. The Balaban J connectivity index is 1.43. The molecule has 5 heteroatoms. The van der Waals surface area contributed by atoms with Gasteiger partial charge in [-0.05, 0) is 42.7 Å². The highest BCUT2D eigenvalue weighted by atomic mass is 19.1. The number of carbonyl (C=O) groups is 1. The summed E-state index contributed by atoms with van der Waals surface area (Å²) in [6.07, 6.45) is 1.05. The Kier molecular flexibility index (Phi) is 4.99. The molecule has 2 N–H and O–H groups in total. The SMILES string of the molecule is C[C@@H]1Cc2ccccc2N1CCNC(=O)NCc1ccc(F)cc1. The first kappa shape index (κ1) is 16.3. The van der Waals surface area contributed by atoms with Crippen molar-refractivity contribution in [1.82, 2.24) is 10.6 Å². The van der Waals surface area contributed by atoms with E-state index in [0.29, 0.717) is 19.1 Å². The Hall–Kier alpha value is -2.56. The summed E-state index contributed by atoms with van der Waals surface area (Å²) in [4.78, 5) is 14.2. The fourth-order valence-electron chi connectivity index (χ4n) is 3.11. The summed E-state index contributed by atoms with van der Waals surface area (Å²) in [6.45, 7) is 3.94. The number of hydrogen-bond acceptors (Lipinski definition) is 2. The van der Waals surface area contributed by atoms with Gasteiger partial charge in [-0.15, -0.1) is 0 Å². The molecular formula is C19H22FN3O. The van der Waals surface area contributed by atoms with Gasteiger partial charge in [-0.1, -0.05) is 30.3 Å². The summed E-state index contributed by atoms with van der Waals surface area (Å²) < 4.78 is 12.8. The van der Waals surface area contributed by atoms with Crippen molar-refractivity contribution in [3.05, 3.63) is 65.5 Å². The van der Waals surface area contributed by atoms with Gasteiger partial charge in [-0.3, -0.25) is 0 Å². The number of anilines is 1. The van der Waals surface area contributed by atoms with Crippen molar-refractivity contribution in [1.29, 1.82) is 0 Å². The van der Waals surface area contributed by atoms with Crippen molar-refractivity contribution >= 4 is 11.7 Å². The molecule has 1 atom stereocenters. The van der Waals surface area contributed by atoms with Crippen LogP contribution in [0.5, 0.6) is 0 Å². The summed E-state index contributed by atoms with van der Waals surface area (Å²) in [5.74, 6) is -0.275. The molecule has 2 aromatic carbocycles. The number of para-hydroxylation sites is 1. The fraction of sp³-hybridized carbons (Fsp3) is 0.316. The predicted molar refractivity (Wildman–Crippen MR) is 93.6 cm³/mol. The number of halogens is 1. The van der Waals surface area contributed by atoms with E-state index in [1.807, 2.05) is 6.07 Å². The van der Waals surface area contributed by atoms with Gasteiger partial charge in [0.15, 0.2) is 0 Å². The van der Waals surface area contributed by atoms with Crippen molar-refractivity contribution in [3.63, 3.8) is 0 Å². The lowest BCUT2D eigenvalue weighted by Crippen LogP contribution is -2.41. The summed E-state index contributed by atoms with van der Waals surface area (Å²) in [5, 5.41) is 5.66. The lowest BCUT2D eigenvalue weighted by Gasteiger charge is -2.25. The Morgan fingerprint density at radius 3 is 2.71 bits per heavy atom. The van der Waals surface area contributed by atoms with Gasteiger partial charge in [0.25, 0.3) is 0 Å². The third-order valence-corrected chi connectivity index (χ3v) is 4.35. The Bertz CT molecular complexity index is 702. The van der Waals surface area contributed by atoms with Crippen molar-refractivity contribution in [2.75, 3.05) is 18.0 Å². The topological polar surface area (TPSA) is 44.4 Å². The van der Waals surface area contributed by atoms with E-state index in [9.17, 15) is 9.18 Å². The van der Waals surface area contributed by atoms with Crippen LogP contribution in [0.3, 0.4) is 0 Å². The predicted octanol–water partition coefficient (Wildman–Crippen LogP) is 3.08. The van der Waals surface area contributed by atoms with Gasteiger partial charge < -0.3 is 15.5 Å².